The fraction of sp³-hybridized carbons (Fsp3) is 0.588. The molecule has 0 aliphatic heterocycles. The van der Waals surface area contributed by atoms with Crippen LogP contribution in [0.1, 0.15) is 46.1 Å². The zero-order valence-electron chi connectivity index (χ0n) is 12.9. The smallest absolute Gasteiger partial charge is 0.201 e. The van der Waals surface area contributed by atoms with E-state index >= 15 is 0 Å². The Morgan fingerprint density at radius 2 is 2.10 bits per heavy atom. The summed E-state index contributed by atoms with van der Waals surface area (Å²) < 4.78 is 3.37. The van der Waals surface area contributed by atoms with Crippen molar-refractivity contribution >= 4 is 32.9 Å². The molecule has 4 heteroatoms. The van der Waals surface area contributed by atoms with Crippen molar-refractivity contribution < 1.29 is 0 Å². The van der Waals surface area contributed by atoms with Gasteiger partial charge in [-0.15, -0.1) is 0 Å². The maximum atomic E-state index is 6.33. The topological polar surface area (TPSA) is 43.8 Å². The molecule has 2 aliphatic rings. The van der Waals surface area contributed by atoms with Gasteiger partial charge < -0.3 is 10.3 Å². The van der Waals surface area contributed by atoms with Crippen LogP contribution in [0.25, 0.3) is 11.0 Å². The molecule has 2 saturated carbocycles. The number of rotatable bonds is 1. The van der Waals surface area contributed by atoms with Crippen LogP contribution < -0.4 is 5.73 Å². The van der Waals surface area contributed by atoms with Crippen molar-refractivity contribution in [1.29, 1.82) is 0 Å². The summed E-state index contributed by atoms with van der Waals surface area (Å²) in [6, 6.07) is 6.73. The van der Waals surface area contributed by atoms with Gasteiger partial charge in [-0.2, -0.15) is 0 Å². The first-order chi connectivity index (χ1) is 9.83. The number of nitrogen functional groups attached to an aromatic ring is 1. The number of nitrogens with zero attached hydrogens (tertiary/aromatic N) is 2. The van der Waals surface area contributed by atoms with Crippen LogP contribution in [0.5, 0.6) is 0 Å². The van der Waals surface area contributed by atoms with Gasteiger partial charge in [0.05, 0.1) is 11.0 Å². The number of hydrogen-bond acceptors (Lipinski definition) is 2. The van der Waals surface area contributed by atoms with Gasteiger partial charge in [0.15, 0.2) is 0 Å². The minimum absolute atomic E-state index is 0.280. The third kappa shape index (κ3) is 1.68. The first kappa shape index (κ1) is 13.6. The van der Waals surface area contributed by atoms with Crippen LogP contribution in [-0.2, 0) is 0 Å². The Bertz CT molecular complexity index is 728. The lowest BCUT2D eigenvalue weighted by molar-refractivity contribution is 0.0882. The standard InChI is InChI=1S/C17H22BrN3/c1-16(2)10-6-7-17(3,9-10)14(16)21-13-5-4-11(18)8-12(13)20-15(21)19/h4-5,8,10,14H,6-7,9H2,1-3H3,(H2,19,20). The molecule has 3 nitrogen and oxygen atoms in total. The SMILES string of the molecule is CC12CCC(C1)C(C)(C)C2n1c(N)nc2cc(Br)ccc21. The third-order valence-electron chi connectivity index (χ3n) is 6.13. The molecule has 2 aromatic rings. The molecule has 0 amide bonds. The van der Waals surface area contributed by atoms with Crippen LogP contribution in [0.4, 0.5) is 5.95 Å². The molecule has 1 aromatic carbocycles. The molecule has 112 valence electrons. The van der Waals surface area contributed by atoms with Crippen LogP contribution in [0.2, 0.25) is 0 Å². The second-order valence-corrected chi connectivity index (χ2v) is 8.71. The summed E-state index contributed by atoms with van der Waals surface area (Å²) in [7, 11) is 0. The zero-order valence-corrected chi connectivity index (χ0v) is 14.4. The van der Waals surface area contributed by atoms with E-state index in [0.717, 1.165) is 15.9 Å². The minimum atomic E-state index is 0.280. The molecule has 0 saturated heterocycles. The first-order valence-electron chi connectivity index (χ1n) is 7.76. The van der Waals surface area contributed by atoms with E-state index < -0.39 is 0 Å². The highest BCUT2D eigenvalue weighted by Crippen LogP contribution is 2.68. The van der Waals surface area contributed by atoms with Gasteiger partial charge >= 0.3 is 0 Å². The van der Waals surface area contributed by atoms with Crippen LogP contribution >= 0.6 is 15.9 Å². The Hall–Kier alpha value is -1.03. The lowest BCUT2D eigenvalue weighted by Gasteiger charge is -2.44. The molecule has 21 heavy (non-hydrogen) atoms. The van der Waals surface area contributed by atoms with Crippen LogP contribution in [-0.4, -0.2) is 9.55 Å². The van der Waals surface area contributed by atoms with Gasteiger partial charge in [-0.25, -0.2) is 4.98 Å². The van der Waals surface area contributed by atoms with E-state index in [9.17, 15) is 0 Å². The predicted molar refractivity (Wildman–Crippen MR) is 90.1 cm³/mol. The molecule has 1 heterocycles. The summed E-state index contributed by atoms with van der Waals surface area (Å²) in [6.07, 6.45) is 3.99. The van der Waals surface area contributed by atoms with Gasteiger partial charge in [-0.1, -0.05) is 36.7 Å². The number of hydrogen-bond donors (Lipinski definition) is 1. The fourth-order valence-electron chi connectivity index (χ4n) is 5.28. The lowest BCUT2D eigenvalue weighted by Crippen LogP contribution is -2.37. The zero-order chi connectivity index (χ0) is 15.0. The molecule has 1 aromatic heterocycles. The third-order valence-corrected chi connectivity index (χ3v) is 6.62. The fourth-order valence-corrected chi connectivity index (χ4v) is 5.63. The first-order valence-corrected chi connectivity index (χ1v) is 8.55. The number of fused-ring (bicyclic) bond motifs is 3. The molecular formula is C17H22BrN3. The molecule has 0 spiro atoms. The number of benzene rings is 1. The van der Waals surface area contributed by atoms with Crippen LogP contribution in [0.3, 0.4) is 0 Å². The number of aromatic nitrogens is 2. The highest BCUT2D eigenvalue weighted by atomic mass is 79.9. The molecular weight excluding hydrogens is 326 g/mol. The van der Waals surface area contributed by atoms with Gasteiger partial charge in [0, 0.05) is 10.5 Å². The van der Waals surface area contributed by atoms with Crippen molar-refractivity contribution in [1.82, 2.24) is 9.55 Å². The Labute approximate surface area is 134 Å². The lowest BCUT2D eigenvalue weighted by atomic mass is 9.68. The van der Waals surface area contributed by atoms with Crippen molar-refractivity contribution in [3.63, 3.8) is 0 Å². The van der Waals surface area contributed by atoms with Crippen molar-refractivity contribution in [2.24, 2.45) is 16.7 Å². The van der Waals surface area contributed by atoms with E-state index in [1.165, 1.54) is 24.8 Å². The maximum Gasteiger partial charge on any atom is 0.201 e. The normalized spacial score (nSPS) is 33.9. The molecule has 2 fully saturated rings. The molecule has 2 N–H and O–H groups in total. The van der Waals surface area contributed by atoms with E-state index in [-0.39, 0.29) is 5.41 Å². The number of anilines is 1. The predicted octanol–water partition coefficient (Wildman–Crippen LogP) is 4.77. The second kappa shape index (κ2) is 4.03. The van der Waals surface area contributed by atoms with Gasteiger partial charge in [0.2, 0.25) is 5.95 Å². The number of nitrogens with two attached hydrogens (primary N) is 1. The molecule has 3 atom stereocenters. The summed E-state index contributed by atoms with van der Waals surface area (Å²) in [5, 5.41) is 0. The Morgan fingerprint density at radius 3 is 2.76 bits per heavy atom. The molecule has 4 rings (SSSR count). The summed E-state index contributed by atoms with van der Waals surface area (Å²) in [6.45, 7) is 7.27. The van der Waals surface area contributed by atoms with Crippen molar-refractivity contribution in [2.45, 2.75) is 46.1 Å². The summed E-state index contributed by atoms with van der Waals surface area (Å²) in [5.41, 5.74) is 9.12. The van der Waals surface area contributed by atoms with Crippen LogP contribution in [0.15, 0.2) is 22.7 Å². The molecule has 2 aliphatic carbocycles. The average molecular weight is 348 g/mol. The Kier molecular flexibility index (Phi) is 2.62. The molecule has 0 radical (unpaired) electrons. The largest absolute Gasteiger partial charge is 0.369 e. The van der Waals surface area contributed by atoms with E-state index in [4.69, 9.17) is 5.73 Å². The Balaban J connectivity index is 1.96. The van der Waals surface area contributed by atoms with Crippen molar-refractivity contribution in [3.05, 3.63) is 22.7 Å². The Morgan fingerprint density at radius 1 is 1.33 bits per heavy atom. The second-order valence-electron chi connectivity index (χ2n) is 7.79. The van der Waals surface area contributed by atoms with Gasteiger partial charge in [-0.3, -0.25) is 0 Å². The average Bonchev–Trinajstić information content (AvgIpc) is 2.97. The summed E-state index contributed by atoms with van der Waals surface area (Å²) in [4.78, 5) is 4.61. The maximum absolute atomic E-state index is 6.33. The minimum Gasteiger partial charge on any atom is -0.369 e. The van der Waals surface area contributed by atoms with E-state index in [1.807, 2.05) is 0 Å². The van der Waals surface area contributed by atoms with Crippen molar-refractivity contribution in [3.8, 4) is 0 Å². The van der Waals surface area contributed by atoms with Crippen molar-refractivity contribution in [2.75, 3.05) is 5.73 Å². The summed E-state index contributed by atoms with van der Waals surface area (Å²) in [5.74, 6) is 1.47. The summed E-state index contributed by atoms with van der Waals surface area (Å²) >= 11 is 3.53. The van der Waals surface area contributed by atoms with Gasteiger partial charge in [-0.05, 0) is 54.2 Å². The van der Waals surface area contributed by atoms with Crippen LogP contribution in [0, 0.1) is 16.7 Å². The van der Waals surface area contributed by atoms with Gasteiger partial charge in [0.1, 0.15) is 0 Å². The van der Waals surface area contributed by atoms with E-state index in [2.05, 4.69) is 64.5 Å². The van der Waals surface area contributed by atoms with E-state index in [1.54, 1.807) is 0 Å². The monoisotopic (exact) mass is 347 g/mol. The number of halogens is 1. The highest BCUT2D eigenvalue weighted by molar-refractivity contribution is 9.10. The number of imidazole rings is 1. The molecule has 3 unspecified atom stereocenters. The van der Waals surface area contributed by atoms with Gasteiger partial charge in [0.25, 0.3) is 0 Å². The highest BCUT2D eigenvalue weighted by Gasteiger charge is 2.60. The van der Waals surface area contributed by atoms with E-state index in [0.29, 0.717) is 17.4 Å². The molecule has 2 bridgehead atoms. The quantitative estimate of drug-likeness (QED) is 0.807.